The molecule has 1 aliphatic rings. The van der Waals surface area contributed by atoms with Crippen LogP contribution in [-0.2, 0) is 10.0 Å². The highest BCUT2D eigenvalue weighted by molar-refractivity contribution is 7.89. The molecule has 1 aromatic heterocycles. The monoisotopic (exact) mass is 408 g/mol. The Bertz CT molecular complexity index is 856. The molecule has 146 valence electrons. The molecule has 0 unspecified atom stereocenters. The van der Waals surface area contributed by atoms with E-state index in [1.54, 1.807) is 23.5 Å². The molecular weight excluding hydrogens is 382 g/mol. The van der Waals surface area contributed by atoms with Crippen molar-refractivity contribution < 1.29 is 18.1 Å². The third-order valence-corrected chi connectivity index (χ3v) is 7.77. The van der Waals surface area contributed by atoms with Gasteiger partial charge < -0.3 is 10.2 Å². The Morgan fingerprint density at radius 3 is 2.41 bits per heavy atom. The van der Waals surface area contributed by atoms with E-state index in [2.05, 4.69) is 25.5 Å². The Labute approximate surface area is 164 Å². The summed E-state index contributed by atoms with van der Waals surface area (Å²) in [5.74, 6) is -0.192. The number of benzene rings is 1. The van der Waals surface area contributed by atoms with E-state index in [-0.39, 0.29) is 16.8 Å². The molecule has 1 aromatic carbocycles. The van der Waals surface area contributed by atoms with Crippen molar-refractivity contribution in [1.29, 1.82) is 0 Å². The minimum absolute atomic E-state index is 0.184. The van der Waals surface area contributed by atoms with Gasteiger partial charge in [-0.1, -0.05) is 6.07 Å². The van der Waals surface area contributed by atoms with Gasteiger partial charge in [-0.15, -0.1) is 11.3 Å². The van der Waals surface area contributed by atoms with Crippen LogP contribution in [0.2, 0.25) is 0 Å². The number of quaternary nitrogens is 1. The van der Waals surface area contributed by atoms with Gasteiger partial charge >= 0.3 is 0 Å². The first-order chi connectivity index (χ1) is 12.9. The summed E-state index contributed by atoms with van der Waals surface area (Å²) in [5.41, 5.74) is 0.467. The van der Waals surface area contributed by atoms with E-state index < -0.39 is 10.0 Å². The summed E-state index contributed by atoms with van der Waals surface area (Å²) < 4.78 is 26.6. The predicted octanol–water partition coefficient (Wildman–Crippen LogP) is 1.15. The van der Waals surface area contributed by atoms with E-state index >= 15 is 0 Å². The molecular formula is C19H26N3O3S2+. The molecule has 0 radical (unpaired) electrons. The van der Waals surface area contributed by atoms with E-state index in [0.717, 1.165) is 12.8 Å². The topological polar surface area (TPSA) is 70.9 Å². The highest BCUT2D eigenvalue weighted by Crippen LogP contribution is 2.21. The maximum Gasteiger partial charge on any atom is 0.251 e. The fraction of sp³-hybridized carbons (Fsp3) is 0.421. The van der Waals surface area contributed by atoms with Crippen LogP contribution in [0.1, 0.15) is 34.1 Å². The second kappa shape index (κ2) is 8.52. The maximum atomic E-state index is 12.6. The first-order valence-electron chi connectivity index (χ1n) is 9.11. The van der Waals surface area contributed by atoms with Crippen LogP contribution in [0.5, 0.6) is 0 Å². The lowest BCUT2D eigenvalue weighted by Gasteiger charge is -2.20. The molecule has 0 bridgehead atoms. The largest absolute Gasteiger partial charge is 0.346 e. The summed E-state index contributed by atoms with van der Waals surface area (Å²) in [7, 11) is 0.680. The zero-order valence-electron chi connectivity index (χ0n) is 15.6. The van der Waals surface area contributed by atoms with Crippen molar-refractivity contribution in [3.63, 3.8) is 0 Å². The van der Waals surface area contributed by atoms with E-state index in [4.69, 9.17) is 0 Å². The molecule has 1 aliphatic heterocycles. The molecule has 1 saturated heterocycles. The van der Waals surface area contributed by atoms with Gasteiger partial charge in [0.2, 0.25) is 10.0 Å². The Morgan fingerprint density at radius 2 is 1.85 bits per heavy atom. The average Bonchev–Trinajstić information content (AvgIpc) is 3.36. The summed E-state index contributed by atoms with van der Waals surface area (Å²) in [6.45, 7) is 1.67. The molecule has 27 heavy (non-hydrogen) atoms. The smallest absolute Gasteiger partial charge is 0.251 e. The SMILES string of the molecule is C[NH+](C)[C@@H](CNC(=O)c1ccc(S(=O)(=O)N2CCCC2)cc1)c1cccs1. The van der Waals surface area contributed by atoms with Crippen molar-refractivity contribution >= 4 is 27.3 Å². The summed E-state index contributed by atoms with van der Waals surface area (Å²) >= 11 is 1.68. The number of hydrogen-bond donors (Lipinski definition) is 2. The van der Waals surface area contributed by atoms with Gasteiger partial charge in [0.15, 0.2) is 0 Å². The van der Waals surface area contributed by atoms with Crippen LogP contribution in [0.15, 0.2) is 46.7 Å². The molecule has 0 spiro atoms. The first-order valence-corrected chi connectivity index (χ1v) is 11.4. The molecule has 2 heterocycles. The van der Waals surface area contributed by atoms with Gasteiger partial charge in [0, 0.05) is 18.7 Å². The van der Waals surface area contributed by atoms with E-state index in [1.807, 2.05) is 11.4 Å². The number of nitrogens with zero attached hydrogens (tertiary/aromatic N) is 1. The fourth-order valence-electron chi connectivity index (χ4n) is 3.23. The number of sulfonamides is 1. The van der Waals surface area contributed by atoms with Crippen molar-refractivity contribution in [1.82, 2.24) is 9.62 Å². The quantitative estimate of drug-likeness (QED) is 0.722. The van der Waals surface area contributed by atoms with Crippen molar-refractivity contribution in [3.05, 3.63) is 52.2 Å². The number of nitrogens with one attached hydrogen (secondary N) is 2. The number of thiophene rings is 1. The maximum absolute atomic E-state index is 12.6. The highest BCUT2D eigenvalue weighted by Gasteiger charge is 2.27. The standard InChI is InChI=1S/C19H25N3O3S2/c1-21(2)17(18-6-5-13-26-18)14-20-19(23)15-7-9-16(10-8-15)27(24,25)22-11-3-4-12-22/h5-10,13,17H,3-4,11-12,14H2,1-2H3,(H,20,23)/p+1/t17-/m0/s1. The number of hydrogen-bond acceptors (Lipinski definition) is 4. The first kappa shape index (κ1) is 20.0. The van der Waals surface area contributed by atoms with Crippen molar-refractivity contribution in [2.45, 2.75) is 23.8 Å². The van der Waals surface area contributed by atoms with Gasteiger partial charge in [-0.25, -0.2) is 8.42 Å². The second-order valence-electron chi connectivity index (χ2n) is 6.99. The van der Waals surface area contributed by atoms with Crippen molar-refractivity contribution in [2.24, 2.45) is 0 Å². The Kier molecular flexibility index (Phi) is 6.31. The third-order valence-electron chi connectivity index (χ3n) is 4.87. The highest BCUT2D eigenvalue weighted by atomic mass is 32.2. The Hall–Kier alpha value is -1.74. The number of carbonyl (C=O) groups excluding carboxylic acids is 1. The second-order valence-corrected chi connectivity index (χ2v) is 9.91. The van der Waals surface area contributed by atoms with Crippen molar-refractivity contribution in [2.75, 3.05) is 33.7 Å². The van der Waals surface area contributed by atoms with Crippen molar-refractivity contribution in [3.8, 4) is 0 Å². The van der Waals surface area contributed by atoms with E-state index in [1.165, 1.54) is 26.2 Å². The lowest BCUT2D eigenvalue weighted by atomic mass is 10.2. The van der Waals surface area contributed by atoms with Gasteiger partial charge in [-0.05, 0) is 48.6 Å². The lowest BCUT2D eigenvalue weighted by molar-refractivity contribution is -0.890. The molecule has 1 amide bonds. The van der Waals surface area contributed by atoms with Gasteiger partial charge in [-0.2, -0.15) is 4.31 Å². The third kappa shape index (κ3) is 4.57. The van der Waals surface area contributed by atoms with Crippen LogP contribution >= 0.6 is 11.3 Å². The van der Waals surface area contributed by atoms with Crippen LogP contribution in [0.25, 0.3) is 0 Å². The van der Waals surface area contributed by atoms with Gasteiger partial charge in [-0.3, -0.25) is 4.79 Å². The zero-order valence-corrected chi connectivity index (χ0v) is 17.3. The molecule has 1 atom stereocenters. The number of amides is 1. The van der Waals surface area contributed by atoms with Gasteiger partial charge in [0.05, 0.1) is 30.4 Å². The minimum Gasteiger partial charge on any atom is -0.346 e. The number of rotatable bonds is 7. The summed E-state index contributed by atoms with van der Waals surface area (Å²) in [6.07, 6.45) is 1.80. The van der Waals surface area contributed by atoms with Gasteiger partial charge in [0.25, 0.3) is 5.91 Å². The molecule has 2 aromatic rings. The van der Waals surface area contributed by atoms with E-state index in [9.17, 15) is 13.2 Å². The molecule has 3 rings (SSSR count). The molecule has 6 nitrogen and oxygen atoms in total. The molecule has 1 fully saturated rings. The minimum atomic E-state index is -3.45. The molecule has 8 heteroatoms. The molecule has 2 N–H and O–H groups in total. The lowest BCUT2D eigenvalue weighted by Crippen LogP contribution is -3.06. The Balaban J connectivity index is 1.65. The summed E-state index contributed by atoms with van der Waals surface area (Å²) in [6, 6.07) is 10.5. The van der Waals surface area contributed by atoms with Crippen LogP contribution < -0.4 is 10.2 Å². The van der Waals surface area contributed by atoms with Crippen LogP contribution in [0.4, 0.5) is 0 Å². The average molecular weight is 409 g/mol. The molecule has 0 saturated carbocycles. The summed E-state index contributed by atoms with van der Waals surface area (Å²) in [5, 5.41) is 5.00. The van der Waals surface area contributed by atoms with Crippen LogP contribution in [0.3, 0.4) is 0 Å². The summed E-state index contributed by atoms with van der Waals surface area (Å²) in [4.78, 5) is 15.2. The van der Waals surface area contributed by atoms with E-state index in [0.29, 0.717) is 25.2 Å². The normalized spacial score (nSPS) is 16.6. The van der Waals surface area contributed by atoms with Crippen LogP contribution in [0, 0.1) is 0 Å². The fourth-order valence-corrected chi connectivity index (χ4v) is 5.70. The number of carbonyl (C=O) groups is 1. The zero-order chi connectivity index (χ0) is 19.4. The Morgan fingerprint density at radius 1 is 1.19 bits per heavy atom. The van der Waals surface area contributed by atoms with Gasteiger partial charge in [0.1, 0.15) is 6.04 Å². The number of likely N-dealkylation sites (N-methyl/N-ethyl adjacent to an activating group) is 1. The predicted molar refractivity (Wildman–Crippen MR) is 107 cm³/mol. The molecule has 0 aliphatic carbocycles. The van der Waals surface area contributed by atoms with Crippen LogP contribution in [-0.4, -0.2) is 52.4 Å².